The molecule has 1 unspecified atom stereocenters. The summed E-state index contributed by atoms with van der Waals surface area (Å²) in [5.74, 6) is 0.972. The van der Waals surface area contributed by atoms with E-state index < -0.39 is 5.25 Å². The first-order valence-electron chi connectivity index (χ1n) is 8.89. The molecular weight excluding hydrogens is 390 g/mol. The summed E-state index contributed by atoms with van der Waals surface area (Å²) in [5.41, 5.74) is 2.87. The number of nitrogens with zero attached hydrogens (tertiary/aromatic N) is 3. The lowest BCUT2D eigenvalue weighted by molar-refractivity contribution is -0.115. The molecule has 9 heteroatoms. The summed E-state index contributed by atoms with van der Waals surface area (Å²) in [6.07, 6.45) is 0. The van der Waals surface area contributed by atoms with Crippen molar-refractivity contribution in [1.82, 2.24) is 20.2 Å². The molecule has 4 rings (SSSR count). The molecular formula is C20H19N5O3S. The van der Waals surface area contributed by atoms with Crippen LogP contribution in [0.2, 0.25) is 0 Å². The van der Waals surface area contributed by atoms with Gasteiger partial charge in [-0.2, -0.15) is 0 Å². The predicted molar refractivity (Wildman–Crippen MR) is 113 cm³/mol. The van der Waals surface area contributed by atoms with Gasteiger partial charge in [0, 0.05) is 17.0 Å². The molecule has 8 nitrogen and oxygen atoms in total. The predicted octanol–water partition coefficient (Wildman–Crippen LogP) is 3.64. The molecule has 4 aromatic rings. The number of fused-ring (bicyclic) bond motifs is 3. The Kier molecular flexibility index (Phi) is 5.22. The molecule has 0 aliphatic carbocycles. The van der Waals surface area contributed by atoms with Crippen LogP contribution in [0.15, 0.2) is 47.6 Å². The van der Waals surface area contributed by atoms with Crippen LogP contribution in [0, 0.1) is 0 Å². The monoisotopic (exact) mass is 409 g/mol. The topological polar surface area (TPSA) is 102 Å². The Morgan fingerprint density at radius 2 is 1.97 bits per heavy atom. The normalized spacial score (nSPS) is 12.1. The van der Waals surface area contributed by atoms with Gasteiger partial charge in [0.25, 0.3) is 0 Å². The molecule has 0 saturated heterocycles. The Morgan fingerprint density at radius 3 is 2.76 bits per heavy atom. The van der Waals surface area contributed by atoms with Gasteiger partial charge >= 0.3 is 0 Å². The Balaban J connectivity index is 1.50. The number of aromatic amines is 1. The van der Waals surface area contributed by atoms with Gasteiger partial charge in [-0.1, -0.05) is 30.0 Å². The van der Waals surface area contributed by atoms with Gasteiger partial charge in [-0.05, 0) is 25.1 Å². The zero-order valence-corrected chi connectivity index (χ0v) is 16.9. The molecule has 2 N–H and O–H groups in total. The quantitative estimate of drug-likeness (QED) is 0.469. The smallest absolute Gasteiger partial charge is 0.237 e. The number of nitrogens with one attached hydrogen (secondary N) is 2. The molecule has 0 saturated carbocycles. The molecule has 0 aliphatic rings. The summed E-state index contributed by atoms with van der Waals surface area (Å²) >= 11 is 1.23. The summed E-state index contributed by atoms with van der Waals surface area (Å²) in [4.78, 5) is 20.4. The number of anilines is 1. The van der Waals surface area contributed by atoms with E-state index in [-0.39, 0.29) is 5.91 Å². The first kappa shape index (κ1) is 19.0. The van der Waals surface area contributed by atoms with E-state index in [2.05, 4.69) is 25.5 Å². The highest BCUT2D eigenvalue weighted by Crippen LogP contribution is 2.30. The van der Waals surface area contributed by atoms with Gasteiger partial charge in [-0.25, -0.2) is 4.98 Å². The van der Waals surface area contributed by atoms with Crippen LogP contribution in [0.4, 0.5) is 5.69 Å². The third kappa shape index (κ3) is 3.81. The Bertz CT molecular complexity index is 1190. The van der Waals surface area contributed by atoms with Gasteiger partial charge < -0.3 is 19.8 Å². The van der Waals surface area contributed by atoms with Crippen molar-refractivity contribution in [1.29, 1.82) is 0 Å². The van der Waals surface area contributed by atoms with Crippen molar-refractivity contribution in [2.45, 2.75) is 17.3 Å². The Labute approximate surface area is 171 Å². The van der Waals surface area contributed by atoms with Crippen LogP contribution in [0.5, 0.6) is 11.5 Å². The first-order valence-corrected chi connectivity index (χ1v) is 9.77. The van der Waals surface area contributed by atoms with E-state index in [0.29, 0.717) is 33.5 Å². The largest absolute Gasteiger partial charge is 0.497 e. The number of carbonyl (C=O) groups is 1. The van der Waals surface area contributed by atoms with E-state index >= 15 is 0 Å². The minimum Gasteiger partial charge on any atom is -0.497 e. The molecule has 2 aromatic heterocycles. The molecule has 148 valence electrons. The van der Waals surface area contributed by atoms with E-state index in [1.54, 1.807) is 32.2 Å². The molecule has 2 aromatic carbocycles. The van der Waals surface area contributed by atoms with Gasteiger partial charge in [0.1, 0.15) is 17.0 Å². The summed E-state index contributed by atoms with van der Waals surface area (Å²) in [7, 11) is 3.11. The molecule has 2 heterocycles. The van der Waals surface area contributed by atoms with Gasteiger partial charge in [0.15, 0.2) is 5.65 Å². The van der Waals surface area contributed by atoms with Crippen molar-refractivity contribution in [3.8, 4) is 11.5 Å². The number of hydrogen-bond acceptors (Lipinski definition) is 7. The average molecular weight is 409 g/mol. The van der Waals surface area contributed by atoms with Gasteiger partial charge in [0.2, 0.25) is 11.1 Å². The number of para-hydroxylation sites is 1. The molecule has 0 fully saturated rings. The van der Waals surface area contributed by atoms with Crippen LogP contribution in [-0.4, -0.2) is 45.5 Å². The van der Waals surface area contributed by atoms with Crippen LogP contribution in [0.25, 0.3) is 22.1 Å². The molecule has 0 aliphatic heterocycles. The van der Waals surface area contributed by atoms with Crippen molar-refractivity contribution in [2.75, 3.05) is 19.5 Å². The third-order valence-electron chi connectivity index (χ3n) is 4.42. The van der Waals surface area contributed by atoms with Gasteiger partial charge in [-0.3, -0.25) is 4.79 Å². The number of amides is 1. The molecule has 0 radical (unpaired) electrons. The summed E-state index contributed by atoms with van der Waals surface area (Å²) in [6, 6.07) is 13.0. The fourth-order valence-corrected chi connectivity index (χ4v) is 3.62. The Morgan fingerprint density at radius 1 is 1.14 bits per heavy atom. The van der Waals surface area contributed by atoms with E-state index in [9.17, 15) is 4.79 Å². The maximum Gasteiger partial charge on any atom is 0.237 e. The molecule has 29 heavy (non-hydrogen) atoms. The fraction of sp³-hybridized carbons (Fsp3) is 0.200. The van der Waals surface area contributed by atoms with Crippen molar-refractivity contribution < 1.29 is 14.3 Å². The average Bonchev–Trinajstić information content (AvgIpc) is 3.11. The lowest BCUT2D eigenvalue weighted by Gasteiger charge is -2.14. The van der Waals surface area contributed by atoms with Crippen molar-refractivity contribution in [3.63, 3.8) is 0 Å². The summed E-state index contributed by atoms with van der Waals surface area (Å²) in [6.45, 7) is 1.79. The highest BCUT2D eigenvalue weighted by atomic mass is 32.2. The standard InChI is InChI=1S/C20H19N5O3S/c1-11(19(26)22-15-9-8-12(27-2)10-16(15)28-3)29-20-23-18-17(24-25-20)13-6-4-5-7-14(13)21-18/h4-11H,1-3H3,(H,22,26)(H,21,23,25). The second-order valence-corrected chi connectivity index (χ2v) is 7.59. The van der Waals surface area contributed by atoms with E-state index in [1.807, 2.05) is 24.3 Å². The molecule has 0 spiro atoms. The lowest BCUT2D eigenvalue weighted by Crippen LogP contribution is -2.23. The van der Waals surface area contributed by atoms with Crippen LogP contribution < -0.4 is 14.8 Å². The third-order valence-corrected chi connectivity index (χ3v) is 5.37. The summed E-state index contributed by atoms with van der Waals surface area (Å²) in [5, 5.41) is 12.3. The first-order chi connectivity index (χ1) is 14.1. The van der Waals surface area contributed by atoms with Gasteiger partial charge in [0.05, 0.1) is 25.2 Å². The van der Waals surface area contributed by atoms with Crippen molar-refractivity contribution in [2.24, 2.45) is 0 Å². The highest BCUT2D eigenvalue weighted by molar-refractivity contribution is 8.00. The number of rotatable bonds is 6. The number of thioether (sulfide) groups is 1. The van der Waals surface area contributed by atoms with Crippen LogP contribution in [-0.2, 0) is 4.79 Å². The zero-order chi connectivity index (χ0) is 20.4. The maximum absolute atomic E-state index is 12.6. The summed E-state index contributed by atoms with van der Waals surface area (Å²) < 4.78 is 10.5. The van der Waals surface area contributed by atoms with Gasteiger partial charge in [-0.15, -0.1) is 10.2 Å². The number of carbonyl (C=O) groups excluding carboxylic acids is 1. The van der Waals surface area contributed by atoms with E-state index in [1.165, 1.54) is 18.9 Å². The van der Waals surface area contributed by atoms with E-state index in [0.717, 1.165) is 10.9 Å². The number of hydrogen-bond donors (Lipinski definition) is 2. The van der Waals surface area contributed by atoms with Crippen molar-refractivity contribution >= 4 is 45.4 Å². The van der Waals surface area contributed by atoms with Crippen LogP contribution in [0.3, 0.4) is 0 Å². The fourth-order valence-electron chi connectivity index (χ4n) is 2.90. The lowest BCUT2D eigenvalue weighted by atomic mass is 10.2. The zero-order valence-electron chi connectivity index (χ0n) is 16.1. The van der Waals surface area contributed by atoms with Crippen molar-refractivity contribution in [3.05, 3.63) is 42.5 Å². The molecule has 1 atom stereocenters. The number of benzene rings is 2. The SMILES string of the molecule is COc1ccc(NC(=O)C(C)Sc2nnc3c(n2)[nH]c2ccccc23)c(OC)c1. The van der Waals surface area contributed by atoms with Crippen LogP contribution in [0.1, 0.15) is 6.92 Å². The minimum absolute atomic E-state index is 0.196. The molecule has 1 amide bonds. The second kappa shape index (κ2) is 7.96. The number of aromatic nitrogens is 4. The molecule has 0 bridgehead atoms. The number of methoxy groups -OCH3 is 2. The van der Waals surface area contributed by atoms with Crippen LogP contribution >= 0.6 is 11.8 Å². The Hall–Kier alpha value is -3.33. The second-order valence-electron chi connectivity index (χ2n) is 6.28. The number of ether oxygens (including phenoxy) is 2. The minimum atomic E-state index is -0.439. The maximum atomic E-state index is 12.6. The number of H-pyrrole nitrogens is 1. The van der Waals surface area contributed by atoms with E-state index in [4.69, 9.17) is 9.47 Å². The highest BCUT2D eigenvalue weighted by Gasteiger charge is 2.19.